The quantitative estimate of drug-likeness (QED) is 0.503. The van der Waals surface area contributed by atoms with E-state index in [2.05, 4.69) is 5.32 Å². The Bertz CT molecular complexity index is 775. The predicted molar refractivity (Wildman–Crippen MR) is 114 cm³/mol. The van der Waals surface area contributed by atoms with Crippen molar-refractivity contribution in [1.29, 1.82) is 0 Å². The van der Waals surface area contributed by atoms with Crippen LogP contribution in [-0.2, 0) is 28.5 Å². The number of carbonyl (C=O) groups is 2. The molecule has 1 aromatic rings. The minimum Gasteiger partial charge on any atom is -0.457 e. The molecule has 2 unspecified atom stereocenters. The maximum absolute atomic E-state index is 12.5. The van der Waals surface area contributed by atoms with Crippen LogP contribution in [0.5, 0.6) is 0 Å². The summed E-state index contributed by atoms with van der Waals surface area (Å²) >= 11 is 18.6. The molecular formula is C19H22Cl3NO6S. The van der Waals surface area contributed by atoms with Crippen LogP contribution in [0.1, 0.15) is 20.8 Å². The number of amides is 1. The second-order valence-corrected chi connectivity index (χ2v) is 10.8. The number of nitrogens with one attached hydrogen (secondary N) is 1. The van der Waals surface area contributed by atoms with Crippen LogP contribution in [0.2, 0.25) is 0 Å². The van der Waals surface area contributed by atoms with Gasteiger partial charge in [-0.05, 0) is 26.0 Å². The third kappa shape index (κ3) is 5.94. The molecule has 7 nitrogen and oxygen atoms in total. The molecule has 2 saturated heterocycles. The van der Waals surface area contributed by atoms with Crippen LogP contribution < -0.4 is 5.32 Å². The second-order valence-electron chi connectivity index (χ2n) is 7.34. The van der Waals surface area contributed by atoms with E-state index >= 15 is 0 Å². The fourth-order valence-electron chi connectivity index (χ4n) is 3.28. The number of alkyl halides is 3. The number of hydrogen-bond donors (Lipinski definition) is 1. The molecule has 1 N–H and O–H groups in total. The van der Waals surface area contributed by atoms with Crippen molar-refractivity contribution < 1.29 is 28.5 Å². The van der Waals surface area contributed by atoms with Crippen LogP contribution in [-0.4, -0.2) is 57.9 Å². The highest BCUT2D eigenvalue weighted by molar-refractivity contribution is 7.99. The monoisotopic (exact) mass is 497 g/mol. The van der Waals surface area contributed by atoms with Gasteiger partial charge in [0.05, 0.1) is 6.61 Å². The van der Waals surface area contributed by atoms with Gasteiger partial charge in [-0.15, -0.1) is 0 Å². The van der Waals surface area contributed by atoms with Crippen molar-refractivity contribution in [2.45, 2.75) is 65.0 Å². The van der Waals surface area contributed by atoms with Crippen molar-refractivity contribution in [2.24, 2.45) is 0 Å². The molecule has 166 valence electrons. The van der Waals surface area contributed by atoms with Gasteiger partial charge >= 0.3 is 5.97 Å². The Labute approximate surface area is 194 Å². The van der Waals surface area contributed by atoms with Crippen molar-refractivity contribution in [2.75, 3.05) is 6.61 Å². The standard InChI is InChI=1S/C19H22Cl3NO6S/c1-10(24)27-15-13(23-17(25)19(20,21)22)16(30-11-7-5-4-6-8-11)28-12-9-26-18(2,3)29-14(12)15/h4-8,12-16H,9H2,1-3H3,(H,23,25)/t12?,13-,14+,15?,16-/m0/s1. The van der Waals surface area contributed by atoms with Gasteiger partial charge < -0.3 is 24.3 Å². The van der Waals surface area contributed by atoms with E-state index in [-0.39, 0.29) is 6.61 Å². The normalized spacial score (nSPS) is 30.8. The average Bonchev–Trinajstić information content (AvgIpc) is 2.64. The minimum absolute atomic E-state index is 0.229. The molecule has 0 aromatic heterocycles. The Balaban J connectivity index is 1.95. The molecule has 1 aromatic carbocycles. The number of halogens is 3. The smallest absolute Gasteiger partial charge is 0.303 e. The van der Waals surface area contributed by atoms with E-state index in [0.717, 1.165) is 4.90 Å². The van der Waals surface area contributed by atoms with Crippen LogP contribution in [0, 0.1) is 0 Å². The number of fused-ring (bicyclic) bond motifs is 1. The highest BCUT2D eigenvalue weighted by Gasteiger charge is 2.54. The first-order chi connectivity index (χ1) is 14.0. The molecular weight excluding hydrogens is 477 g/mol. The largest absolute Gasteiger partial charge is 0.457 e. The third-order valence-corrected chi connectivity index (χ3v) is 6.21. The molecule has 30 heavy (non-hydrogen) atoms. The third-order valence-electron chi connectivity index (χ3n) is 4.51. The molecule has 5 atom stereocenters. The highest BCUT2D eigenvalue weighted by atomic mass is 35.6. The van der Waals surface area contributed by atoms with E-state index in [4.69, 9.17) is 53.8 Å². The zero-order chi connectivity index (χ0) is 22.1. The molecule has 3 rings (SSSR count). The van der Waals surface area contributed by atoms with Crippen molar-refractivity contribution in [3.05, 3.63) is 30.3 Å². The average molecular weight is 499 g/mol. The molecule has 0 radical (unpaired) electrons. The van der Waals surface area contributed by atoms with Crippen LogP contribution in [0.15, 0.2) is 35.2 Å². The molecule has 11 heteroatoms. The van der Waals surface area contributed by atoms with E-state index in [1.807, 2.05) is 30.3 Å². The van der Waals surface area contributed by atoms with Crippen LogP contribution >= 0.6 is 46.6 Å². The first-order valence-corrected chi connectivity index (χ1v) is 11.2. The molecule has 0 bridgehead atoms. The Morgan fingerprint density at radius 3 is 2.50 bits per heavy atom. The number of carbonyl (C=O) groups excluding carboxylic acids is 2. The van der Waals surface area contributed by atoms with E-state index < -0.39 is 51.2 Å². The first kappa shape index (κ1) is 23.9. The topological polar surface area (TPSA) is 83.1 Å². The van der Waals surface area contributed by atoms with Gasteiger partial charge in [-0.3, -0.25) is 9.59 Å². The Morgan fingerprint density at radius 1 is 1.23 bits per heavy atom. The van der Waals surface area contributed by atoms with Gasteiger partial charge in [0.2, 0.25) is 0 Å². The van der Waals surface area contributed by atoms with Gasteiger partial charge in [0.25, 0.3) is 9.70 Å². The summed E-state index contributed by atoms with van der Waals surface area (Å²) in [5.41, 5.74) is -0.664. The molecule has 0 spiro atoms. The van der Waals surface area contributed by atoms with Crippen molar-refractivity contribution in [3.8, 4) is 0 Å². The molecule has 0 saturated carbocycles. The SMILES string of the molecule is CC(=O)OC1[C@@H]2OC(C)(C)OCC2O[C@@H](Sc2ccccc2)[C@H]1NC(=O)C(Cl)(Cl)Cl. The lowest BCUT2D eigenvalue weighted by atomic mass is 9.96. The van der Waals surface area contributed by atoms with Crippen molar-refractivity contribution >= 4 is 58.4 Å². The summed E-state index contributed by atoms with van der Waals surface area (Å²) in [5, 5.41) is 2.67. The number of ether oxygens (including phenoxy) is 4. The van der Waals surface area contributed by atoms with Crippen LogP contribution in [0.3, 0.4) is 0 Å². The van der Waals surface area contributed by atoms with Gasteiger partial charge in [0.15, 0.2) is 11.9 Å². The molecule has 2 fully saturated rings. The minimum atomic E-state index is -2.20. The second kappa shape index (κ2) is 9.40. The maximum Gasteiger partial charge on any atom is 0.303 e. The zero-order valence-electron chi connectivity index (χ0n) is 16.5. The fraction of sp³-hybridized carbons (Fsp3) is 0.579. The molecule has 2 aliphatic heterocycles. The first-order valence-electron chi connectivity index (χ1n) is 9.20. The van der Waals surface area contributed by atoms with Crippen molar-refractivity contribution in [3.63, 3.8) is 0 Å². The maximum atomic E-state index is 12.5. The lowest BCUT2D eigenvalue weighted by Gasteiger charge is -2.50. The van der Waals surface area contributed by atoms with Gasteiger partial charge in [0, 0.05) is 11.8 Å². The molecule has 1 amide bonds. The summed E-state index contributed by atoms with van der Waals surface area (Å²) in [6.45, 7) is 5.00. The van der Waals surface area contributed by atoms with E-state index in [0.29, 0.717) is 0 Å². The lowest BCUT2D eigenvalue weighted by Crippen LogP contribution is -2.68. The lowest BCUT2D eigenvalue weighted by molar-refractivity contribution is -0.342. The zero-order valence-corrected chi connectivity index (χ0v) is 19.6. The molecule has 2 heterocycles. The van der Waals surface area contributed by atoms with E-state index in [9.17, 15) is 9.59 Å². The summed E-state index contributed by atoms with van der Waals surface area (Å²) in [6.07, 6.45) is -2.10. The molecule has 2 aliphatic rings. The summed E-state index contributed by atoms with van der Waals surface area (Å²) in [5.74, 6) is -2.32. The fourth-order valence-corrected chi connectivity index (χ4v) is 4.59. The summed E-state index contributed by atoms with van der Waals surface area (Å²) in [6, 6.07) is 8.58. The van der Waals surface area contributed by atoms with Gasteiger partial charge in [-0.2, -0.15) is 0 Å². The summed E-state index contributed by atoms with van der Waals surface area (Å²) in [4.78, 5) is 25.2. The Hall–Kier alpha value is -0.740. The number of benzene rings is 1. The Kier molecular flexibility index (Phi) is 7.49. The Morgan fingerprint density at radius 2 is 1.90 bits per heavy atom. The van der Waals surface area contributed by atoms with E-state index in [1.54, 1.807) is 13.8 Å². The summed E-state index contributed by atoms with van der Waals surface area (Å²) < 4.78 is 21.3. The molecule has 0 aliphatic carbocycles. The number of hydrogen-bond acceptors (Lipinski definition) is 7. The highest BCUT2D eigenvalue weighted by Crippen LogP contribution is 2.40. The summed E-state index contributed by atoms with van der Waals surface area (Å²) in [7, 11) is 0. The van der Waals surface area contributed by atoms with Crippen molar-refractivity contribution in [1.82, 2.24) is 5.32 Å². The van der Waals surface area contributed by atoms with E-state index in [1.165, 1.54) is 18.7 Å². The van der Waals surface area contributed by atoms with Gasteiger partial charge in [-0.25, -0.2) is 0 Å². The van der Waals surface area contributed by atoms with Gasteiger partial charge in [-0.1, -0.05) is 64.8 Å². The van der Waals surface area contributed by atoms with Crippen LogP contribution in [0.4, 0.5) is 0 Å². The predicted octanol–water partition coefficient (Wildman–Crippen LogP) is 3.44. The number of rotatable bonds is 4. The van der Waals surface area contributed by atoms with Crippen LogP contribution in [0.25, 0.3) is 0 Å². The number of esters is 1. The number of thioether (sulfide) groups is 1. The van der Waals surface area contributed by atoms with Gasteiger partial charge in [0.1, 0.15) is 23.7 Å².